The van der Waals surface area contributed by atoms with Gasteiger partial charge in [0.1, 0.15) is 11.5 Å². The van der Waals surface area contributed by atoms with Crippen LogP contribution in [0, 0.1) is 11.8 Å². The highest BCUT2D eigenvalue weighted by atomic mass is 16.6. The van der Waals surface area contributed by atoms with Gasteiger partial charge in [-0.05, 0) is 30.5 Å². The zero-order chi connectivity index (χ0) is 19.0. The molecule has 2 fully saturated rings. The maximum Gasteiger partial charge on any atom is 0.312 e. The second-order valence-electron chi connectivity index (χ2n) is 7.72. The number of fused-ring (bicyclic) bond motifs is 1. The highest BCUT2D eigenvalue weighted by Crippen LogP contribution is 2.52. The average molecular weight is 369 g/mol. The van der Waals surface area contributed by atoms with Crippen LogP contribution >= 0.6 is 0 Å². The second kappa shape index (κ2) is 7.12. The molecule has 144 valence electrons. The molecule has 5 heteroatoms. The monoisotopic (exact) mass is 369 g/mol. The van der Waals surface area contributed by atoms with Crippen molar-refractivity contribution in [2.24, 2.45) is 11.8 Å². The van der Waals surface area contributed by atoms with E-state index in [0.29, 0.717) is 13.2 Å². The van der Waals surface area contributed by atoms with E-state index in [1.54, 1.807) is 4.90 Å². The van der Waals surface area contributed by atoms with Crippen molar-refractivity contribution in [1.29, 1.82) is 0 Å². The van der Waals surface area contributed by atoms with E-state index in [-0.39, 0.29) is 18.0 Å². The fraction of sp³-hybridized carbons (Fsp3) is 0.545. The summed E-state index contributed by atoms with van der Waals surface area (Å²) >= 11 is 0. The lowest BCUT2D eigenvalue weighted by atomic mass is 9.77. The fourth-order valence-electron chi connectivity index (χ4n) is 4.52. The molecule has 0 radical (unpaired) electrons. The average Bonchev–Trinajstić information content (AvgIpc) is 3.33. The zero-order valence-corrected chi connectivity index (χ0v) is 16.0. The molecule has 4 rings (SSSR count). The van der Waals surface area contributed by atoms with Crippen LogP contribution < -0.4 is 4.90 Å². The minimum Gasteiger partial charge on any atom is -0.465 e. The van der Waals surface area contributed by atoms with Crippen LogP contribution in [-0.2, 0) is 25.5 Å². The summed E-state index contributed by atoms with van der Waals surface area (Å²) < 4.78 is 11.6. The van der Waals surface area contributed by atoms with E-state index in [0.717, 1.165) is 31.4 Å². The number of amides is 1. The standard InChI is InChI=1S/C22H27NO4/c1-3-5-6-13-26-21(25)18-17-11-12-22(27-17)14-23(20(24)19(18)22)16-9-7-15(4-2)8-10-16/h7-12,17-19H,3-6,13-14H2,1-2H3/t17-,18+,19-,22+/m1/s1. The number of esters is 1. The van der Waals surface area contributed by atoms with E-state index >= 15 is 0 Å². The molecule has 1 amide bonds. The predicted molar refractivity (Wildman–Crippen MR) is 102 cm³/mol. The first-order valence-corrected chi connectivity index (χ1v) is 10.0. The maximum absolute atomic E-state index is 13.2. The molecule has 1 aromatic rings. The Morgan fingerprint density at radius 3 is 2.74 bits per heavy atom. The van der Waals surface area contributed by atoms with Crippen LogP contribution in [0.25, 0.3) is 0 Å². The summed E-state index contributed by atoms with van der Waals surface area (Å²) in [5.74, 6) is -1.37. The molecule has 2 bridgehead atoms. The van der Waals surface area contributed by atoms with E-state index in [2.05, 4.69) is 13.8 Å². The molecule has 1 spiro atoms. The number of anilines is 1. The minimum atomic E-state index is -0.696. The summed E-state index contributed by atoms with van der Waals surface area (Å²) in [4.78, 5) is 27.7. The Kier molecular flexibility index (Phi) is 4.81. The van der Waals surface area contributed by atoms with Gasteiger partial charge in [-0.15, -0.1) is 0 Å². The number of carbonyl (C=O) groups is 2. The molecule has 0 aromatic heterocycles. The van der Waals surface area contributed by atoms with Crippen molar-refractivity contribution in [3.63, 3.8) is 0 Å². The Hall–Kier alpha value is -2.14. The number of hydrogen-bond donors (Lipinski definition) is 0. The van der Waals surface area contributed by atoms with Crippen LogP contribution in [-0.4, -0.2) is 36.7 Å². The molecule has 0 saturated carbocycles. The molecule has 3 heterocycles. The largest absolute Gasteiger partial charge is 0.465 e. The van der Waals surface area contributed by atoms with Gasteiger partial charge in [-0.25, -0.2) is 0 Å². The van der Waals surface area contributed by atoms with Crippen molar-refractivity contribution >= 4 is 17.6 Å². The molecule has 0 unspecified atom stereocenters. The van der Waals surface area contributed by atoms with Gasteiger partial charge in [-0.3, -0.25) is 9.59 Å². The smallest absolute Gasteiger partial charge is 0.312 e. The maximum atomic E-state index is 13.2. The zero-order valence-electron chi connectivity index (χ0n) is 16.0. The highest BCUT2D eigenvalue weighted by molar-refractivity contribution is 6.02. The number of nitrogens with zero attached hydrogens (tertiary/aromatic N) is 1. The van der Waals surface area contributed by atoms with E-state index in [1.165, 1.54) is 5.56 Å². The van der Waals surface area contributed by atoms with Gasteiger partial charge >= 0.3 is 5.97 Å². The lowest BCUT2D eigenvalue weighted by Gasteiger charge is -2.22. The Bertz CT molecular complexity index is 756. The first-order valence-electron chi connectivity index (χ1n) is 10.0. The van der Waals surface area contributed by atoms with Crippen LogP contribution in [0.2, 0.25) is 0 Å². The lowest BCUT2D eigenvalue weighted by Crippen LogP contribution is -2.40. The number of hydrogen-bond acceptors (Lipinski definition) is 4. The Morgan fingerprint density at radius 1 is 1.26 bits per heavy atom. The molecule has 27 heavy (non-hydrogen) atoms. The van der Waals surface area contributed by atoms with Gasteiger partial charge in [-0.1, -0.05) is 51.0 Å². The molecule has 3 aliphatic rings. The van der Waals surface area contributed by atoms with E-state index in [1.807, 2.05) is 36.4 Å². The molecule has 4 atom stereocenters. The van der Waals surface area contributed by atoms with Crippen LogP contribution in [0.15, 0.2) is 36.4 Å². The highest BCUT2D eigenvalue weighted by Gasteiger charge is 2.67. The van der Waals surface area contributed by atoms with Crippen molar-refractivity contribution in [1.82, 2.24) is 0 Å². The minimum absolute atomic E-state index is 0.0402. The number of benzene rings is 1. The molecule has 5 nitrogen and oxygen atoms in total. The molecule has 2 saturated heterocycles. The van der Waals surface area contributed by atoms with Crippen molar-refractivity contribution in [3.05, 3.63) is 42.0 Å². The van der Waals surface area contributed by atoms with Crippen molar-refractivity contribution in [2.75, 3.05) is 18.1 Å². The molecule has 0 N–H and O–H groups in total. The predicted octanol–water partition coefficient (Wildman–Crippen LogP) is 3.27. The summed E-state index contributed by atoms with van der Waals surface area (Å²) in [5, 5.41) is 0. The second-order valence-corrected chi connectivity index (χ2v) is 7.72. The SMILES string of the molecule is CCCCCOC(=O)[C@H]1[C@H]2C=C[C@@]3(CN(c4ccc(CC)cc4)C(=O)[C@@H]13)O2. The lowest BCUT2D eigenvalue weighted by molar-refractivity contribution is -0.152. The molecule has 1 aromatic carbocycles. The third kappa shape index (κ3) is 2.98. The summed E-state index contributed by atoms with van der Waals surface area (Å²) in [6.07, 6.45) is 7.47. The summed E-state index contributed by atoms with van der Waals surface area (Å²) in [5.41, 5.74) is 1.39. The Morgan fingerprint density at radius 2 is 2.04 bits per heavy atom. The Balaban J connectivity index is 1.52. The van der Waals surface area contributed by atoms with Gasteiger partial charge < -0.3 is 14.4 Å². The number of rotatable bonds is 7. The van der Waals surface area contributed by atoms with Crippen LogP contribution in [0.5, 0.6) is 0 Å². The third-order valence-corrected chi connectivity index (χ3v) is 6.02. The van der Waals surface area contributed by atoms with Crippen LogP contribution in [0.1, 0.15) is 38.7 Å². The first kappa shape index (κ1) is 18.2. The van der Waals surface area contributed by atoms with Gasteiger partial charge in [0.2, 0.25) is 5.91 Å². The van der Waals surface area contributed by atoms with Crippen molar-refractivity contribution in [3.8, 4) is 0 Å². The summed E-state index contributed by atoms with van der Waals surface area (Å²) in [6, 6.07) is 8.04. The van der Waals surface area contributed by atoms with Gasteiger partial charge in [0.15, 0.2) is 0 Å². The van der Waals surface area contributed by atoms with Crippen LogP contribution in [0.4, 0.5) is 5.69 Å². The van der Waals surface area contributed by atoms with Gasteiger partial charge in [0.05, 0.1) is 25.2 Å². The number of unbranched alkanes of at least 4 members (excludes halogenated alkanes) is 2. The first-order chi connectivity index (χ1) is 13.1. The summed E-state index contributed by atoms with van der Waals surface area (Å²) in [6.45, 7) is 5.08. The topological polar surface area (TPSA) is 55.8 Å². The number of ether oxygens (including phenoxy) is 2. The van der Waals surface area contributed by atoms with E-state index < -0.39 is 17.4 Å². The van der Waals surface area contributed by atoms with Crippen LogP contribution in [0.3, 0.4) is 0 Å². The van der Waals surface area contributed by atoms with Gasteiger partial charge in [0.25, 0.3) is 0 Å². The van der Waals surface area contributed by atoms with Gasteiger partial charge in [-0.2, -0.15) is 0 Å². The number of carbonyl (C=O) groups excluding carboxylic acids is 2. The van der Waals surface area contributed by atoms with E-state index in [9.17, 15) is 9.59 Å². The quantitative estimate of drug-likeness (QED) is 0.420. The van der Waals surface area contributed by atoms with Crippen molar-refractivity contribution < 1.29 is 19.1 Å². The molecular weight excluding hydrogens is 342 g/mol. The molecule has 0 aliphatic carbocycles. The van der Waals surface area contributed by atoms with E-state index in [4.69, 9.17) is 9.47 Å². The third-order valence-electron chi connectivity index (χ3n) is 6.02. The molecular formula is C22H27NO4. The summed E-state index contributed by atoms with van der Waals surface area (Å²) in [7, 11) is 0. The molecule has 3 aliphatic heterocycles. The fourth-order valence-corrected chi connectivity index (χ4v) is 4.52. The van der Waals surface area contributed by atoms with Crippen molar-refractivity contribution in [2.45, 2.75) is 51.2 Å². The van der Waals surface area contributed by atoms with Gasteiger partial charge in [0, 0.05) is 5.69 Å². The Labute approximate surface area is 160 Å². The number of aryl methyl sites for hydroxylation is 1. The normalized spacial score (nSPS) is 30.8.